The van der Waals surface area contributed by atoms with E-state index >= 15 is 0 Å². The van der Waals surface area contributed by atoms with Crippen LogP contribution in [0.3, 0.4) is 0 Å². The van der Waals surface area contributed by atoms with Gasteiger partial charge in [0.1, 0.15) is 11.9 Å². The third-order valence-electron chi connectivity index (χ3n) is 4.78. The van der Waals surface area contributed by atoms with Gasteiger partial charge in [0.2, 0.25) is 21.8 Å². The van der Waals surface area contributed by atoms with Gasteiger partial charge in [-0.2, -0.15) is 4.31 Å². The molecule has 1 aromatic heterocycles. The number of anilines is 2. The van der Waals surface area contributed by atoms with E-state index in [1.165, 1.54) is 11.9 Å². The summed E-state index contributed by atoms with van der Waals surface area (Å²) in [5.74, 6) is 0.290. The van der Waals surface area contributed by atoms with Crippen LogP contribution in [-0.4, -0.2) is 62.0 Å². The van der Waals surface area contributed by atoms with E-state index in [0.29, 0.717) is 31.7 Å². The van der Waals surface area contributed by atoms with E-state index in [2.05, 4.69) is 4.98 Å². The Kier molecular flexibility index (Phi) is 4.79. The van der Waals surface area contributed by atoms with Crippen molar-refractivity contribution in [3.8, 4) is 0 Å². The van der Waals surface area contributed by atoms with E-state index in [1.54, 1.807) is 23.2 Å². The zero-order valence-electron chi connectivity index (χ0n) is 14.4. The maximum Gasteiger partial charge on any atom is 0.246 e. The molecule has 0 spiro atoms. The van der Waals surface area contributed by atoms with Crippen molar-refractivity contribution in [1.29, 1.82) is 0 Å². The molecule has 0 aliphatic carbocycles. The maximum absolute atomic E-state index is 12.5. The van der Waals surface area contributed by atoms with E-state index in [9.17, 15) is 18.0 Å². The smallest absolute Gasteiger partial charge is 0.246 e. The summed E-state index contributed by atoms with van der Waals surface area (Å²) in [7, 11) is -2.01. The molecular formula is C16H22N4O4S. The molecule has 136 valence electrons. The zero-order valence-corrected chi connectivity index (χ0v) is 15.2. The van der Waals surface area contributed by atoms with Gasteiger partial charge in [-0.3, -0.25) is 14.5 Å². The van der Waals surface area contributed by atoms with E-state index in [4.69, 9.17) is 0 Å². The van der Waals surface area contributed by atoms with Gasteiger partial charge in [-0.25, -0.2) is 13.4 Å². The summed E-state index contributed by atoms with van der Waals surface area (Å²) in [5, 5.41) is 0. The molecule has 1 unspecified atom stereocenters. The van der Waals surface area contributed by atoms with Gasteiger partial charge in [-0.1, -0.05) is 0 Å². The van der Waals surface area contributed by atoms with Crippen LogP contribution in [0.1, 0.15) is 25.7 Å². The van der Waals surface area contributed by atoms with E-state index in [1.807, 2.05) is 0 Å². The molecule has 25 heavy (non-hydrogen) atoms. The minimum absolute atomic E-state index is 0.0906. The zero-order chi connectivity index (χ0) is 18.2. The standard InChI is InChI=1S/C16H22N4O4S/c1-18(25(2,23)24)13-8-10-20(16(13)22)14-7-6-12(11-17-14)19-9-4-3-5-15(19)21/h6-7,11,13H,3-5,8-10H2,1-2H3. The quantitative estimate of drug-likeness (QED) is 0.778. The largest absolute Gasteiger partial charge is 0.311 e. The Hall–Kier alpha value is -2.00. The summed E-state index contributed by atoms with van der Waals surface area (Å²) >= 11 is 0. The summed E-state index contributed by atoms with van der Waals surface area (Å²) in [6.07, 6.45) is 5.54. The van der Waals surface area contributed by atoms with Gasteiger partial charge in [0.25, 0.3) is 0 Å². The van der Waals surface area contributed by atoms with Crippen LogP contribution in [0.5, 0.6) is 0 Å². The van der Waals surface area contributed by atoms with Crippen LogP contribution in [-0.2, 0) is 19.6 Å². The number of pyridine rings is 1. The number of likely N-dealkylation sites (N-methyl/N-ethyl adjacent to an activating group) is 1. The van der Waals surface area contributed by atoms with Crippen LogP contribution < -0.4 is 9.80 Å². The molecule has 3 heterocycles. The highest BCUT2D eigenvalue weighted by Crippen LogP contribution is 2.26. The van der Waals surface area contributed by atoms with E-state index in [0.717, 1.165) is 29.1 Å². The highest BCUT2D eigenvalue weighted by atomic mass is 32.2. The molecule has 3 rings (SSSR count). The number of hydrogen-bond donors (Lipinski definition) is 0. The minimum atomic E-state index is -3.43. The minimum Gasteiger partial charge on any atom is -0.311 e. The van der Waals surface area contributed by atoms with Crippen molar-refractivity contribution in [2.45, 2.75) is 31.7 Å². The summed E-state index contributed by atoms with van der Waals surface area (Å²) in [6.45, 7) is 1.10. The van der Waals surface area contributed by atoms with Crippen molar-refractivity contribution in [2.75, 3.05) is 36.2 Å². The third-order valence-corrected chi connectivity index (χ3v) is 6.08. The van der Waals surface area contributed by atoms with Crippen LogP contribution in [0.2, 0.25) is 0 Å². The van der Waals surface area contributed by atoms with Crippen molar-refractivity contribution in [3.63, 3.8) is 0 Å². The Bertz CT molecular complexity index is 778. The van der Waals surface area contributed by atoms with Gasteiger partial charge < -0.3 is 4.90 Å². The summed E-state index contributed by atoms with van der Waals surface area (Å²) in [6, 6.07) is 2.80. The SMILES string of the molecule is CN(C1CCN(c2ccc(N3CCCCC3=O)cn2)C1=O)S(C)(=O)=O. The van der Waals surface area contributed by atoms with Crippen LogP contribution in [0, 0.1) is 0 Å². The van der Waals surface area contributed by atoms with Gasteiger partial charge in [-0.15, -0.1) is 0 Å². The molecule has 0 radical (unpaired) electrons. The predicted octanol–water partition coefficient (Wildman–Crippen LogP) is 0.595. The van der Waals surface area contributed by atoms with Crippen molar-refractivity contribution in [3.05, 3.63) is 18.3 Å². The van der Waals surface area contributed by atoms with Crippen LogP contribution in [0.25, 0.3) is 0 Å². The van der Waals surface area contributed by atoms with Gasteiger partial charge in [-0.05, 0) is 31.4 Å². The number of sulfonamides is 1. The second kappa shape index (κ2) is 6.72. The van der Waals surface area contributed by atoms with E-state index in [-0.39, 0.29) is 11.8 Å². The first-order valence-electron chi connectivity index (χ1n) is 8.30. The van der Waals surface area contributed by atoms with Crippen molar-refractivity contribution < 1.29 is 18.0 Å². The molecule has 8 nitrogen and oxygen atoms in total. The fourth-order valence-electron chi connectivity index (χ4n) is 3.24. The van der Waals surface area contributed by atoms with Crippen molar-refractivity contribution in [1.82, 2.24) is 9.29 Å². The first kappa shape index (κ1) is 17.8. The molecular weight excluding hydrogens is 344 g/mol. The maximum atomic E-state index is 12.5. The van der Waals surface area contributed by atoms with Gasteiger partial charge in [0.05, 0.1) is 18.1 Å². The third kappa shape index (κ3) is 3.52. The lowest BCUT2D eigenvalue weighted by Crippen LogP contribution is -2.42. The second-order valence-corrected chi connectivity index (χ2v) is 8.49. The number of carbonyl (C=O) groups excluding carboxylic acids is 2. The number of rotatable bonds is 4. The molecule has 0 N–H and O–H groups in total. The Morgan fingerprint density at radius 2 is 1.92 bits per heavy atom. The molecule has 1 atom stereocenters. The molecule has 2 fully saturated rings. The molecule has 2 aliphatic rings. The summed E-state index contributed by atoms with van der Waals surface area (Å²) in [5.41, 5.74) is 0.727. The topological polar surface area (TPSA) is 90.9 Å². The first-order chi connectivity index (χ1) is 11.8. The average Bonchev–Trinajstić information content (AvgIpc) is 2.95. The normalized spacial score (nSPS) is 22.1. The number of hydrogen-bond acceptors (Lipinski definition) is 5. The van der Waals surface area contributed by atoms with Crippen LogP contribution >= 0.6 is 0 Å². The Balaban J connectivity index is 1.75. The Labute approximate surface area is 147 Å². The molecule has 1 aromatic rings. The fourth-order valence-corrected chi connectivity index (χ4v) is 3.90. The number of piperidine rings is 1. The average molecular weight is 366 g/mol. The second-order valence-electron chi connectivity index (χ2n) is 6.45. The lowest BCUT2D eigenvalue weighted by molar-refractivity contribution is -0.120. The molecule has 0 bridgehead atoms. The molecule has 2 aliphatic heterocycles. The Morgan fingerprint density at radius 1 is 1.16 bits per heavy atom. The van der Waals surface area contributed by atoms with Crippen molar-refractivity contribution in [2.24, 2.45) is 0 Å². The number of amides is 2. The lowest BCUT2D eigenvalue weighted by Gasteiger charge is -2.27. The molecule has 2 amide bonds. The Morgan fingerprint density at radius 3 is 2.52 bits per heavy atom. The lowest BCUT2D eigenvalue weighted by atomic mass is 10.1. The van der Waals surface area contributed by atoms with Crippen LogP contribution in [0.15, 0.2) is 18.3 Å². The number of carbonyl (C=O) groups is 2. The number of aromatic nitrogens is 1. The van der Waals surface area contributed by atoms with Crippen LogP contribution in [0.4, 0.5) is 11.5 Å². The highest BCUT2D eigenvalue weighted by molar-refractivity contribution is 7.88. The van der Waals surface area contributed by atoms with Gasteiger partial charge >= 0.3 is 0 Å². The molecule has 0 saturated carbocycles. The van der Waals surface area contributed by atoms with Crippen molar-refractivity contribution >= 4 is 33.3 Å². The van der Waals surface area contributed by atoms with E-state index < -0.39 is 16.1 Å². The first-order valence-corrected chi connectivity index (χ1v) is 10.1. The highest BCUT2D eigenvalue weighted by Gasteiger charge is 2.39. The van der Waals surface area contributed by atoms with Gasteiger partial charge in [0.15, 0.2) is 0 Å². The summed E-state index contributed by atoms with van der Waals surface area (Å²) < 4.78 is 24.4. The molecule has 2 saturated heterocycles. The summed E-state index contributed by atoms with van der Waals surface area (Å²) in [4.78, 5) is 32.0. The predicted molar refractivity (Wildman–Crippen MR) is 93.8 cm³/mol. The monoisotopic (exact) mass is 366 g/mol. The fraction of sp³-hybridized carbons (Fsp3) is 0.562. The number of nitrogens with zero attached hydrogens (tertiary/aromatic N) is 4. The molecule has 0 aromatic carbocycles. The molecule has 9 heteroatoms. The van der Waals surface area contributed by atoms with Gasteiger partial charge in [0, 0.05) is 26.6 Å².